The molecule has 0 radical (unpaired) electrons. The Morgan fingerprint density at radius 1 is 1.33 bits per heavy atom. The fourth-order valence-electron chi connectivity index (χ4n) is 1.88. The van der Waals surface area contributed by atoms with Gasteiger partial charge in [0.05, 0.1) is 6.61 Å². The Morgan fingerprint density at radius 2 is 2.05 bits per heavy atom. The van der Waals surface area contributed by atoms with E-state index in [1.807, 2.05) is 0 Å². The van der Waals surface area contributed by atoms with Crippen molar-refractivity contribution in [3.05, 3.63) is 41.5 Å². The summed E-state index contributed by atoms with van der Waals surface area (Å²) >= 11 is 0. The van der Waals surface area contributed by atoms with E-state index in [-0.39, 0.29) is 24.7 Å². The molecular formula is C12H15FN4O3S. The highest BCUT2D eigenvalue weighted by Gasteiger charge is 2.21. The molecule has 0 aliphatic carbocycles. The van der Waals surface area contributed by atoms with Gasteiger partial charge in [-0.15, -0.1) is 10.2 Å². The second kappa shape index (κ2) is 6.29. The summed E-state index contributed by atoms with van der Waals surface area (Å²) in [6.45, 7) is 0.462. The number of hydrogen-bond acceptors (Lipinski definition) is 5. The molecule has 0 unspecified atom stereocenters. The van der Waals surface area contributed by atoms with Gasteiger partial charge in [-0.25, -0.2) is 17.9 Å². The molecule has 2 aromatic rings. The Kier molecular flexibility index (Phi) is 4.66. The third kappa shape index (κ3) is 3.63. The molecular weight excluding hydrogens is 299 g/mol. The number of nitrogens with two attached hydrogens (primary N) is 1. The number of sulfonamides is 1. The minimum Gasteiger partial charge on any atom is -0.383 e. The smallest absolute Gasteiger partial charge is 0.273 e. The molecule has 0 aliphatic rings. The zero-order valence-corrected chi connectivity index (χ0v) is 12.2. The van der Waals surface area contributed by atoms with Crippen LogP contribution in [0.5, 0.6) is 0 Å². The molecule has 0 saturated carbocycles. The van der Waals surface area contributed by atoms with Crippen LogP contribution in [-0.2, 0) is 27.7 Å². The van der Waals surface area contributed by atoms with E-state index in [2.05, 4.69) is 10.2 Å². The molecule has 2 N–H and O–H groups in total. The molecule has 0 fully saturated rings. The molecule has 7 nitrogen and oxygen atoms in total. The Labute approximate surface area is 121 Å². The van der Waals surface area contributed by atoms with Gasteiger partial charge in [-0.05, 0) is 11.6 Å². The van der Waals surface area contributed by atoms with Gasteiger partial charge in [0, 0.05) is 20.1 Å². The highest BCUT2D eigenvalue weighted by molar-refractivity contribution is 7.89. The van der Waals surface area contributed by atoms with E-state index in [0.29, 0.717) is 11.4 Å². The van der Waals surface area contributed by atoms with Gasteiger partial charge in [0.25, 0.3) is 15.2 Å². The Morgan fingerprint density at radius 3 is 2.67 bits per heavy atom. The quantitative estimate of drug-likeness (QED) is 0.826. The molecule has 1 heterocycles. The van der Waals surface area contributed by atoms with Crippen LogP contribution < -0.4 is 5.14 Å². The number of hydrogen-bond donors (Lipinski definition) is 1. The lowest BCUT2D eigenvalue weighted by molar-refractivity contribution is 0.183. The summed E-state index contributed by atoms with van der Waals surface area (Å²) in [5, 5.41) is 12.1. The minimum absolute atomic E-state index is 0.110. The Balaban J connectivity index is 2.40. The van der Waals surface area contributed by atoms with Crippen molar-refractivity contribution >= 4 is 10.0 Å². The fraction of sp³-hybridized carbons (Fsp3) is 0.333. The van der Waals surface area contributed by atoms with Gasteiger partial charge >= 0.3 is 0 Å². The first kappa shape index (κ1) is 15.5. The van der Waals surface area contributed by atoms with Gasteiger partial charge in [0.2, 0.25) is 0 Å². The van der Waals surface area contributed by atoms with E-state index in [1.165, 1.54) is 17.7 Å². The van der Waals surface area contributed by atoms with Crippen LogP contribution in [0.25, 0.3) is 0 Å². The summed E-state index contributed by atoms with van der Waals surface area (Å²) in [7, 11) is -2.52. The van der Waals surface area contributed by atoms with Crippen molar-refractivity contribution < 1.29 is 17.5 Å². The lowest BCUT2D eigenvalue weighted by Crippen LogP contribution is -2.21. The van der Waals surface area contributed by atoms with Crippen LogP contribution in [0.4, 0.5) is 4.39 Å². The van der Waals surface area contributed by atoms with Gasteiger partial charge in [-0.1, -0.05) is 18.2 Å². The van der Waals surface area contributed by atoms with E-state index in [0.717, 1.165) is 0 Å². The van der Waals surface area contributed by atoms with E-state index < -0.39 is 15.8 Å². The molecule has 1 aromatic heterocycles. The van der Waals surface area contributed by atoms with E-state index in [9.17, 15) is 12.8 Å². The van der Waals surface area contributed by atoms with Crippen LogP contribution in [0, 0.1) is 5.82 Å². The second-order valence-electron chi connectivity index (χ2n) is 4.36. The van der Waals surface area contributed by atoms with Crippen LogP contribution in [0.1, 0.15) is 11.4 Å². The molecule has 0 bridgehead atoms. The summed E-state index contributed by atoms with van der Waals surface area (Å²) in [4.78, 5) is 0. The van der Waals surface area contributed by atoms with Crippen molar-refractivity contribution in [1.82, 2.24) is 14.8 Å². The first-order valence-corrected chi connectivity index (χ1v) is 7.65. The maximum absolute atomic E-state index is 13.7. The zero-order chi connectivity index (χ0) is 15.5. The van der Waals surface area contributed by atoms with Crippen molar-refractivity contribution in [3.63, 3.8) is 0 Å². The lowest BCUT2D eigenvalue weighted by atomic mass is 10.1. The largest absolute Gasteiger partial charge is 0.383 e. The minimum atomic E-state index is -4.01. The van der Waals surface area contributed by atoms with Gasteiger partial charge in [-0.3, -0.25) is 4.57 Å². The molecule has 114 valence electrons. The summed E-state index contributed by atoms with van der Waals surface area (Å²) in [6.07, 6.45) is 0.110. The maximum atomic E-state index is 13.7. The molecule has 1 aromatic carbocycles. The second-order valence-corrected chi connectivity index (χ2v) is 5.81. The van der Waals surface area contributed by atoms with E-state index >= 15 is 0 Å². The number of methoxy groups -OCH3 is 1. The highest BCUT2D eigenvalue weighted by Crippen LogP contribution is 2.14. The summed E-state index contributed by atoms with van der Waals surface area (Å²) < 4.78 is 42.9. The predicted molar refractivity (Wildman–Crippen MR) is 72.5 cm³/mol. The maximum Gasteiger partial charge on any atom is 0.273 e. The number of ether oxygens (including phenoxy) is 1. The monoisotopic (exact) mass is 314 g/mol. The van der Waals surface area contributed by atoms with Crippen LogP contribution in [-0.4, -0.2) is 36.9 Å². The average Bonchev–Trinajstić information content (AvgIpc) is 2.82. The van der Waals surface area contributed by atoms with Gasteiger partial charge in [0.15, 0.2) is 0 Å². The number of rotatable bonds is 6. The van der Waals surface area contributed by atoms with E-state index in [1.54, 1.807) is 18.2 Å². The third-order valence-electron chi connectivity index (χ3n) is 2.87. The van der Waals surface area contributed by atoms with Crippen molar-refractivity contribution in [2.24, 2.45) is 5.14 Å². The van der Waals surface area contributed by atoms with Crippen molar-refractivity contribution in [2.45, 2.75) is 18.1 Å². The number of halogens is 1. The number of benzene rings is 1. The third-order valence-corrected chi connectivity index (χ3v) is 3.68. The predicted octanol–water partition coefficient (Wildman–Crippen LogP) is 0.302. The zero-order valence-electron chi connectivity index (χ0n) is 11.4. The molecule has 0 spiro atoms. The standard InChI is InChI=1S/C12H15FN4O3S/c1-20-7-6-17-11(15-16-12(17)21(14,18)19)8-9-4-2-3-5-10(9)13/h2-5H,6-8H2,1H3,(H2,14,18,19). The van der Waals surface area contributed by atoms with Gasteiger partial charge < -0.3 is 4.74 Å². The highest BCUT2D eigenvalue weighted by atomic mass is 32.2. The van der Waals surface area contributed by atoms with Crippen LogP contribution in [0.2, 0.25) is 0 Å². The van der Waals surface area contributed by atoms with Gasteiger partial charge in [-0.2, -0.15) is 0 Å². The number of aromatic nitrogens is 3. The molecule has 9 heteroatoms. The van der Waals surface area contributed by atoms with Crippen molar-refractivity contribution in [1.29, 1.82) is 0 Å². The molecule has 2 rings (SSSR count). The lowest BCUT2D eigenvalue weighted by Gasteiger charge is -2.09. The molecule has 21 heavy (non-hydrogen) atoms. The summed E-state index contributed by atoms with van der Waals surface area (Å²) in [5.41, 5.74) is 0.393. The normalized spacial score (nSPS) is 11.8. The van der Waals surface area contributed by atoms with Crippen LogP contribution in [0.3, 0.4) is 0 Å². The van der Waals surface area contributed by atoms with Gasteiger partial charge in [0.1, 0.15) is 11.6 Å². The number of primary sulfonamides is 1. The first-order valence-electron chi connectivity index (χ1n) is 6.10. The fourth-order valence-corrected chi connectivity index (χ4v) is 2.54. The molecule has 0 amide bonds. The van der Waals surface area contributed by atoms with Crippen molar-refractivity contribution in [2.75, 3.05) is 13.7 Å². The Bertz CT molecular complexity index is 730. The number of nitrogens with zero attached hydrogens (tertiary/aromatic N) is 3. The SMILES string of the molecule is COCCn1c(Cc2ccccc2F)nnc1S(N)(=O)=O. The average molecular weight is 314 g/mol. The van der Waals surface area contributed by atoms with Crippen molar-refractivity contribution in [3.8, 4) is 0 Å². The van der Waals surface area contributed by atoms with Crippen LogP contribution in [0.15, 0.2) is 29.4 Å². The Hall–Kier alpha value is -1.84. The molecule has 0 aliphatic heterocycles. The summed E-state index contributed by atoms with van der Waals surface area (Å²) in [5.74, 6) is -0.0860. The molecule has 0 atom stereocenters. The first-order chi connectivity index (χ1) is 9.93. The van der Waals surface area contributed by atoms with Crippen LogP contribution >= 0.6 is 0 Å². The van der Waals surface area contributed by atoms with E-state index in [4.69, 9.17) is 9.88 Å². The summed E-state index contributed by atoms with van der Waals surface area (Å²) in [6, 6.07) is 6.19. The topological polar surface area (TPSA) is 100 Å². The molecule has 0 saturated heterocycles.